The number of hydrogen-bond donors (Lipinski definition) is 1. The maximum atomic E-state index is 13.3. The fraction of sp³-hybridized carbons (Fsp3) is 0.571. The molecule has 1 aromatic rings. The van der Waals surface area contributed by atoms with E-state index in [1.54, 1.807) is 19.1 Å². The summed E-state index contributed by atoms with van der Waals surface area (Å²) in [6.45, 7) is 1.93. The maximum absolute atomic E-state index is 13.3. The Balaban J connectivity index is 2.33. The zero-order valence-corrected chi connectivity index (χ0v) is 11.4. The van der Waals surface area contributed by atoms with Crippen LogP contribution in [0.3, 0.4) is 0 Å². The van der Waals surface area contributed by atoms with E-state index in [1.807, 2.05) is 0 Å². The van der Waals surface area contributed by atoms with E-state index in [0.29, 0.717) is 18.4 Å². The van der Waals surface area contributed by atoms with Gasteiger partial charge >= 0.3 is 0 Å². The van der Waals surface area contributed by atoms with Crippen LogP contribution >= 0.6 is 0 Å². The molecule has 0 unspecified atom stereocenters. The zero-order chi connectivity index (χ0) is 15.0. The van der Waals surface area contributed by atoms with Gasteiger partial charge in [-0.15, -0.1) is 0 Å². The van der Waals surface area contributed by atoms with Crippen LogP contribution in [0.1, 0.15) is 36.8 Å². The van der Waals surface area contributed by atoms with Crippen molar-refractivity contribution in [3.63, 3.8) is 0 Å². The molecule has 0 heterocycles. The molecule has 2 N–H and O–H groups in total. The number of nitro benzene ring substituents is 1. The Morgan fingerprint density at radius 1 is 1.30 bits per heavy atom. The smallest absolute Gasteiger partial charge is 0.272 e. The van der Waals surface area contributed by atoms with Gasteiger partial charge in [-0.25, -0.2) is 8.78 Å². The quantitative estimate of drug-likeness (QED) is 0.684. The van der Waals surface area contributed by atoms with Gasteiger partial charge in [-0.2, -0.15) is 0 Å². The summed E-state index contributed by atoms with van der Waals surface area (Å²) >= 11 is 0. The molecule has 1 saturated carbocycles. The first kappa shape index (κ1) is 14.8. The van der Waals surface area contributed by atoms with Gasteiger partial charge in [-0.1, -0.05) is 6.07 Å². The zero-order valence-electron chi connectivity index (χ0n) is 11.4. The second-order valence-corrected chi connectivity index (χ2v) is 5.60. The van der Waals surface area contributed by atoms with Gasteiger partial charge < -0.3 is 5.73 Å². The van der Waals surface area contributed by atoms with E-state index in [9.17, 15) is 18.9 Å². The largest absolute Gasteiger partial charge is 0.330 e. The van der Waals surface area contributed by atoms with Crippen LogP contribution in [0.25, 0.3) is 0 Å². The molecule has 1 fully saturated rings. The summed E-state index contributed by atoms with van der Waals surface area (Å²) in [5, 5.41) is 10.8. The fourth-order valence-corrected chi connectivity index (χ4v) is 2.90. The monoisotopic (exact) mass is 284 g/mol. The minimum absolute atomic E-state index is 0.0436. The first-order valence-corrected chi connectivity index (χ1v) is 6.63. The van der Waals surface area contributed by atoms with Crippen molar-refractivity contribution in [3.8, 4) is 0 Å². The molecule has 1 aromatic carbocycles. The Bertz CT molecular complexity index is 522. The minimum Gasteiger partial charge on any atom is -0.330 e. The van der Waals surface area contributed by atoms with Crippen molar-refractivity contribution in [3.05, 3.63) is 39.4 Å². The summed E-state index contributed by atoms with van der Waals surface area (Å²) in [7, 11) is 0. The van der Waals surface area contributed by atoms with E-state index in [4.69, 9.17) is 5.73 Å². The molecule has 0 amide bonds. The number of benzene rings is 1. The van der Waals surface area contributed by atoms with Crippen LogP contribution in [-0.2, 0) is 5.41 Å². The molecule has 1 aliphatic carbocycles. The summed E-state index contributed by atoms with van der Waals surface area (Å²) in [5.74, 6) is -2.62. The third-order valence-electron chi connectivity index (χ3n) is 4.34. The predicted molar refractivity (Wildman–Crippen MR) is 72.0 cm³/mol. The van der Waals surface area contributed by atoms with E-state index in [0.717, 1.165) is 5.56 Å². The van der Waals surface area contributed by atoms with Crippen LogP contribution in [0.15, 0.2) is 18.2 Å². The van der Waals surface area contributed by atoms with Gasteiger partial charge in [0, 0.05) is 36.4 Å². The van der Waals surface area contributed by atoms with E-state index in [2.05, 4.69) is 0 Å². The van der Waals surface area contributed by atoms with Gasteiger partial charge in [0.05, 0.1) is 4.92 Å². The molecule has 0 radical (unpaired) electrons. The van der Waals surface area contributed by atoms with Crippen LogP contribution in [-0.4, -0.2) is 17.4 Å². The van der Waals surface area contributed by atoms with Crippen LogP contribution in [0.4, 0.5) is 14.5 Å². The van der Waals surface area contributed by atoms with E-state index in [-0.39, 0.29) is 25.1 Å². The molecule has 0 spiro atoms. The Kier molecular flexibility index (Phi) is 3.77. The third-order valence-corrected chi connectivity index (χ3v) is 4.34. The Labute approximate surface area is 116 Å². The van der Waals surface area contributed by atoms with E-state index in [1.165, 1.54) is 6.07 Å². The normalized spacial score (nSPS) is 20.6. The van der Waals surface area contributed by atoms with Gasteiger partial charge in [0.25, 0.3) is 5.69 Å². The summed E-state index contributed by atoms with van der Waals surface area (Å²) in [4.78, 5) is 10.4. The summed E-state index contributed by atoms with van der Waals surface area (Å²) < 4.78 is 26.6. The number of aryl methyl sites for hydroxylation is 1. The summed E-state index contributed by atoms with van der Waals surface area (Å²) in [6, 6.07) is 4.81. The molecule has 20 heavy (non-hydrogen) atoms. The average Bonchev–Trinajstić information content (AvgIpc) is 2.39. The average molecular weight is 284 g/mol. The van der Waals surface area contributed by atoms with Gasteiger partial charge in [0.2, 0.25) is 5.92 Å². The SMILES string of the molecule is Cc1cc(C2(CN)CCC(F)(F)CC2)ccc1[N+](=O)[O-]. The van der Waals surface area contributed by atoms with Crippen molar-refractivity contribution in [1.82, 2.24) is 0 Å². The molecular formula is C14H18F2N2O2. The maximum Gasteiger partial charge on any atom is 0.272 e. The second-order valence-electron chi connectivity index (χ2n) is 5.60. The molecule has 1 aliphatic rings. The molecule has 0 aliphatic heterocycles. The van der Waals surface area contributed by atoms with Crippen molar-refractivity contribution in [2.75, 3.05) is 6.54 Å². The Hall–Kier alpha value is -1.56. The van der Waals surface area contributed by atoms with Gasteiger partial charge in [0.15, 0.2) is 0 Å². The minimum atomic E-state index is -2.62. The van der Waals surface area contributed by atoms with Crippen molar-refractivity contribution in [2.24, 2.45) is 5.73 Å². The highest BCUT2D eigenvalue weighted by Gasteiger charge is 2.43. The lowest BCUT2D eigenvalue weighted by Crippen LogP contribution is -2.42. The molecule has 0 aromatic heterocycles. The van der Waals surface area contributed by atoms with Crippen molar-refractivity contribution < 1.29 is 13.7 Å². The molecule has 2 rings (SSSR count). The highest BCUT2D eigenvalue weighted by Crippen LogP contribution is 2.45. The number of alkyl halides is 2. The third kappa shape index (κ3) is 2.65. The van der Waals surface area contributed by atoms with Gasteiger partial charge in [0.1, 0.15) is 0 Å². The second kappa shape index (κ2) is 5.09. The molecule has 0 atom stereocenters. The number of rotatable bonds is 3. The summed E-state index contributed by atoms with van der Waals surface area (Å²) in [6.07, 6.45) is 0.266. The highest BCUT2D eigenvalue weighted by molar-refractivity contribution is 5.44. The highest BCUT2D eigenvalue weighted by atomic mass is 19.3. The van der Waals surface area contributed by atoms with Crippen LogP contribution in [0, 0.1) is 17.0 Å². The predicted octanol–water partition coefficient (Wildman–Crippen LogP) is 3.31. The van der Waals surface area contributed by atoms with Gasteiger partial charge in [-0.05, 0) is 31.4 Å². The number of nitrogens with zero attached hydrogens (tertiary/aromatic N) is 1. The molecular weight excluding hydrogens is 266 g/mol. The summed E-state index contributed by atoms with van der Waals surface area (Å²) in [5.41, 5.74) is 6.76. The number of hydrogen-bond acceptors (Lipinski definition) is 3. The lowest BCUT2D eigenvalue weighted by Gasteiger charge is -2.40. The molecule has 6 heteroatoms. The van der Waals surface area contributed by atoms with Crippen LogP contribution in [0.2, 0.25) is 0 Å². The molecule has 4 nitrogen and oxygen atoms in total. The lowest BCUT2D eigenvalue weighted by molar-refractivity contribution is -0.385. The number of halogens is 2. The van der Waals surface area contributed by atoms with Gasteiger partial charge in [-0.3, -0.25) is 10.1 Å². The molecule has 110 valence electrons. The van der Waals surface area contributed by atoms with Crippen LogP contribution < -0.4 is 5.73 Å². The van der Waals surface area contributed by atoms with Crippen molar-refractivity contribution in [2.45, 2.75) is 43.9 Å². The standard InChI is InChI=1S/C14H18F2N2O2/c1-10-8-11(2-3-12(10)18(19)20)13(9-17)4-6-14(15,16)7-5-13/h2-3,8H,4-7,9,17H2,1H3. The number of nitro groups is 1. The lowest BCUT2D eigenvalue weighted by atomic mass is 9.68. The van der Waals surface area contributed by atoms with E-state index < -0.39 is 16.3 Å². The molecule has 0 bridgehead atoms. The topological polar surface area (TPSA) is 69.2 Å². The first-order chi connectivity index (χ1) is 9.30. The number of nitrogens with two attached hydrogens (primary N) is 1. The Morgan fingerprint density at radius 3 is 2.35 bits per heavy atom. The van der Waals surface area contributed by atoms with E-state index >= 15 is 0 Å². The van der Waals surface area contributed by atoms with Crippen molar-refractivity contribution >= 4 is 5.69 Å². The first-order valence-electron chi connectivity index (χ1n) is 6.63. The van der Waals surface area contributed by atoms with Crippen LogP contribution in [0.5, 0.6) is 0 Å². The molecule has 0 saturated heterocycles. The Morgan fingerprint density at radius 2 is 1.90 bits per heavy atom. The van der Waals surface area contributed by atoms with Crippen molar-refractivity contribution in [1.29, 1.82) is 0 Å². The fourth-order valence-electron chi connectivity index (χ4n) is 2.90.